The highest BCUT2D eigenvalue weighted by Crippen LogP contribution is 2.36. The lowest BCUT2D eigenvalue weighted by atomic mass is 10.1. The minimum atomic E-state index is -0.181. The van der Waals surface area contributed by atoms with Crippen molar-refractivity contribution in [3.63, 3.8) is 0 Å². The van der Waals surface area contributed by atoms with Crippen LogP contribution in [0.25, 0.3) is 0 Å². The number of nitrogens with two attached hydrogens (primary N) is 1. The van der Waals surface area contributed by atoms with E-state index in [0.717, 1.165) is 5.92 Å². The number of anilines is 1. The number of rotatable bonds is 4. The lowest BCUT2D eigenvalue weighted by Gasteiger charge is -2.10. The normalized spacial score (nSPS) is 16.8. The number of nitrogens with zero attached hydrogens (tertiary/aromatic N) is 2. The maximum absolute atomic E-state index is 11.6. The van der Waals surface area contributed by atoms with Gasteiger partial charge in [0, 0.05) is 6.54 Å². The average Bonchev–Trinajstić information content (AvgIpc) is 3.10. The van der Waals surface area contributed by atoms with Crippen LogP contribution >= 0.6 is 0 Å². The van der Waals surface area contributed by atoms with Crippen LogP contribution in [0.2, 0.25) is 0 Å². The molecule has 0 aromatic carbocycles. The van der Waals surface area contributed by atoms with Gasteiger partial charge in [-0.2, -0.15) is 0 Å². The minimum Gasteiger partial charge on any atom is -0.382 e. The number of aromatic nitrogens is 2. The van der Waals surface area contributed by atoms with Crippen molar-refractivity contribution in [3.8, 4) is 0 Å². The second kappa shape index (κ2) is 4.47. The van der Waals surface area contributed by atoms with Crippen LogP contribution in [-0.4, -0.2) is 22.4 Å². The van der Waals surface area contributed by atoms with Gasteiger partial charge in [0.05, 0.1) is 12.4 Å². The molecule has 0 radical (unpaired) electrons. The van der Waals surface area contributed by atoms with Gasteiger partial charge in [-0.1, -0.05) is 6.92 Å². The second-order valence-electron chi connectivity index (χ2n) is 4.35. The molecule has 0 bridgehead atoms. The zero-order chi connectivity index (χ0) is 11.5. The summed E-state index contributed by atoms with van der Waals surface area (Å²) in [5.41, 5.74) is 5.71. The summed E-state index contributed by atoms with van der Waals surface area (Å²) in [5, 5.41) is 2.86. The quantitative estimate of drug-likeness (QED) is 0.787. The summed E-state index contributed by atoms with van der Waals surface area (Å²) < 4.78 is 0. The first-order valence-corrected chi connectivity index (χ1v) is 5.52. The van der Waals surface area contributed by atoms with E-state index in [1.54, 1.807) is 0 Å². The number of nitrogen functional groups attached to an aromatic ring is 1. The van der Waals surface area contributed by atoms with Crippen molar-refractivity contribution >= 4 is 11.7 Å². The van der Waals surface area contributed by atoms with Gasteiger partial charge in [-0.25, -0.2) is 9.97 Å². The fourth-order valence-corrected chi connectivity index (χ4v) is 1.63. The van der Waals surface area contributed by atoms with Crippen molar-refractivity contribution in [1.82, 2.24) is 15.3 Å². The number of hydrogen-bond acceptors (Lipinski definition) is 4. The van der Waals surface area contributed by atoms with E-state index < -0.39 is 0 Å². The molecule has 1 amide bonds. The molecular weight excluding hydrogens is 204 g/mol. The lowest BCUT2D eigenvalue weighted by Crippen LogP contribution is -2.29. The molecule has 0 saturated heterocycles. The van der Waals surface area contributed by atoms with Crippen LogP contribution in [0.5, 0.6) is 0 Å². The molecule has 1 aromatic heterocycles. The van der Waals surface area contributed by atoms with E-state index in [4.69, 9.17) is 5.73 Å². The van der Waals surface area contributed by atoms with E-state index in [9.17, 15) is 4.79 Å². The van der Waals surface area contributed by atoms with Crippen molar-refractivity contribution < 1.29 is 4.79 Å². The van der Waals surface area contributed by atoms with Crippen LogP contribution < -0.4 is 11.1 Å². The maximum atomic E-state index is 11.6. The van der Waals surface area contributed by atoms with Crippen molar-refractivity contribution in [2.45, 2.75) is 19.8 Å². The van der Waals surface area contributed by atoms with E-state index in [2.05, 4.69) is 22.2 Å². The van der Waals surface area contributed by atoms with Crippen LogP contribution in [-0.2, 0) is 0 Å². The Morgan fingerprint density at radius 1 is 1.56 bits per heavy atom. The number of hydrogen-bond donors (Lipinski definition) is 2. The molecule has 16 heavy (non-hydrogen) atoms. The predicted molar refractivity (Wildman–Crippen MR) is 60.7 cm³/mol. The summed E-state index contributed by atoms with van der Waals surface area (Å²) in [4.78, 5) is 19.4. The standard InChI is InChI=1S/C11H16N4O/c1-7(8-2-3-8)4-15-11(16)9-5-14-10(12)6-13-9/h5-8H,2-4H2,1H3,(H2,12,14)(H,15,16). The first-order valence-electron chi connectivity index (χ1n) is 5.52. The minimum absolute atomic E-state index is 0.181. The van der Waals surface area contributed by atoms with Gasteiger partial charge in [0.2, 0.25) is 0 Å². The van der Waals surface area contributed by atoms with Crippen LogP contribution in [0.4, 0.5) is 5.82 Å². The summed E-state index contributed by atoms with van der Waals surface area (Å²) in [6.07, 6.45) is 5.36. The zero-order valence-electron chi connectivity index (χ0n) is 9.31. The van der Waals surface area contributed by atoms with Crippen LogP contribution in [0.3, 0.4) is 0 Å². The molecule has 1 atom stereocenters. The van der Waals surface area contributed by atoms with Crippen molar-refractivity contribution in [1.29, 1.82) is 0 Å². The molecule has 1 aliphatic rings. The van der Waals surface area contributed by atoms with Gasteiger partial charge in [-0.05, 0) is 24.7 Å². The Morgan fingerprint density at radius 2 is 2.31 bits per heavy atom. The molecule has 1 fully saturated rings. The molecule has 5 nitrogen and oxygen atoms in total. The third-order valence-electron chi connectivity index (χ3n) is 2.92. The Kier molecular flexibility index (Phi) is 3.03. The summed E-state index contributed by atoms with van der Waals surface area (Å²) in [6.45, 7) is 2.86. The fraction of sp³-hybridized carbons (Fsp3) is 0.545. The van der Waals surface area contributed by atoms with Crippen LogP contribution in [0.1, 0.15) is 30.3 Å². The lowest BCUT2D eigenvalue weighted by molar-refractivity contribution is 0.0941. The van der Waals surface area contributed by atoms with Crippen LogP contribution in [0, 0.1) is 11.8 Å². The Morgan fingerprint density at radius 3 is 2.88 bits per heavy atom. The SMILES string of the molecule is CC(CNC(=O)c1cnc(N)cn1)C1CC1. The predicted octanol–water partition coefficient (Wildman–Crippen LogP) is 0.835. The van der Waals surface area contributed by atoms with Gasteiger partial charge in [0.1, 0.15) is 11.5 Å². The Labute approximate surface area is 94.5 Å². The van der Waals surface area contributed by atoms with Gasteiger partial charge in [0.15, 0.2) is 0 Å². The molecule has 0 aliphatic heterocycles. The molecule has 1 heterocycles. The third kappa shape index (κ3) is 2.68. The summed E-state index contributed by atoms with van der Waals surface area (Å²) in [5.74, 6) is 1.48. The highest BCUT2D eigenvalue weighted by molar-refractivity contribution is 5.91. The second-order valence-corrected chi connectivity index (χ2v) is 4.35. The number of amides is 1. The number of carbonyl (C=O) groups is 1. The van der Waals surface area contributed by atoms with Gasteiger partial charge in [0.25, 0.3) is 5.91 Å². The highest BCUT2D eigenvalue weighted by atomic mass is 16.1. The molecule has 1 unspecified atom stereocenters. The summed E-state index contributed by atoms with van der Waals surface area (Å²) in [6, 6.07) is 0. The molecule has 2 rings (SSSR count). The van der Waals surface area contributed by atoms with Gasteiger partial charge >= 0.3 is 0 Å². The molecular formula is C11H16N4O. The van der Waals surface area contributed by atoms with E-state index in [1.165, 1.54) is 25.2 Å². The van der Waals surface area contributed by atoms with Crippen LogP contribution in [0.15, 0.2) is 12.4 Å². The number of nitrogens with one attached hydrogen (secondary N) is 1. The van der Waals surface area contributed by atoms with Gasteiger partial charge in [-0.3, -0.25) is 4.79 Å². The molecule has 0 spiro atoms. The molecule has 5 heteroatoms. The molecule has 1 aromatic rings. The largest absolute Gasteiger partial charge is 0.382 e. The highest BCUT2D eigenvalue weighted by Gasteiger charge is 2.27. The molecule has 86 valence electrons. The molecule has 3 N–H and O–H groups in total. The topological polar surface area (TPSA) is 80.9 Å². The van der Waals surface area contributed by atoms with Crippen molar-refractivity contribution in [2.24, 2.45) is 11.8 Å². The Hall–Kier alpha value is -1.65. The monoisotopic (exact) mass is 220 g/mol. The van der Waals surface area contributed by atoms with E-state index in [-0.39, 0.29) is 5.91 Å². The fourth-order valence-electron chi connectivity index (χ4n) is 1.63. The number of carbonyl (C=O) groups excluding carboxylic acids is 1. The Balaban J connectivity index is 1.85. The molecule has 1 aliphatic carbocycles. The summed E-state index contributed by atoms with van der Waals surface area (Å²) in [7, 11) is 0. The van der Waals surface area contributed by atoms with Crippen molar-refractivity contribution in [3.05, 3.63) is 18.1 Å². The van der Waals surface area contributed by atoms with E-state index in [1.807, 2.05) is 0 Å². The van der Waals surface area contributed by atoms with E-state index in [0.29, 0.717) is 24.0 Å². The first-order chi connectivity index (χ1) is 7.66. The van der Waals surface area contributed by atoms with E-state index >= 15 is 0 Å². The van der Waals surface area contributed by atoms with Gasteiger partial charge in [-0.15, -0.1) is 0 Å². The molecule has 1 saturated carbocycles. The maximum Gasteiger partial charge on any atom is 0.271 e. The third-order valence-corrected chi connectivity index (χ3v) is 2.92. The Bertz CT molecular complexity index is 372. The first kappa shape index (κ1) is 10.9. The van der Waals surface area contributed by atoms with Crippen molar-refractivity contribution in [2.75, 3.05) is 12.3 Å². The smallest absolute Gasteiger partial charge is 0.271 e. The summed E-state index contributed by atoms with van der Waals surface area (Å²) >= 11 is 0. The van der Waals surface area contributed by atoms with Gasteiger partial charge < -0.3 is 11.1 Å². The average molecular weight is 220 g/mol. The zero-order valence-corrected chi connectivity index (χ0v) is 9.31.